The molecule has 0 aliphatic rings. The van der Waals surface area contributed by atoms with Crippen molar-refractivity contribution < 1.29 is 0 Å². The molecule has 0 saturated carbocycles. The summed E-state index contributed by atoms with van der Waals surface area (Å²) in [6, 6.07) is 10.4. The topological polar surface area (TPSA) is 0 Å². The maximum atomic E-state index is 2.12. The van der Waals surface area contributed by atoms with E-state index in [1.165, 1.54) is 11.1 Å². The van der Waals surface area contributed by atoms with Crippen molar-refractivity contribution in [3.63, 3.8) is 0 Å². The Kier molecular flexibility index (Phi) is 6.08. The first-order chi connectivity index (χ1) is 5.84. The largest absolute Gasteiger partial charge is 0.0841 e. The summed E-state index contributed by atoms with van der Waals surface area (Å²) in [5.41, 5.74) is 2.64. The predicted octanol–water partition coefficient (Wildman–Crippen LogP) is 4.14. The van der Waals surface area contributed by atoms with E-state index in [1.54, 1.807) is 0 Å². The fraction of sp³-hybridized carbons (Fsp3) is 0.333. The lowest BCUT2D eigenvalue weighted by atomic mass is 10.1. The molecule has 0 fully saturated rings. The van der Waals surface area contributed by atoms with Gasteiger partial charge in [0.1, 0.15) is 0 Å². The molecule has 1 aromatic carbocycles. The molecule has 66 valence electrons. The fourth-order valence-electron chi connectivity index (χ4n) is 0.868. The Bertz CT molecular complexity index is 219. The average Bonchev–Trinajstić information content (AvgIpc) is 2.21. The van der Waals surface area contributed by atoms with E-state index >= 15 is 0 Å². The predicted molar refractivity (Wildman–Crippen MR) is 57.1 cm³/mol. The molecule has 0 unspecified atom stereocenters. The third-order valence-electron chi connectivity index (χ3n) is 1.66. The van der Waals surface area contributed by atoms with Gasteiger partial charge in [0.25, 0.3) is 0 Å². The second-order valence-electron chi connectivity index (χ2n) is 2.34. The number of hydrogen-bond donors (Lipinski definition) is 0. The summed E-state index contributed by atoms with van der Waals surface area (Å²) in [7, 11) is 0. The van der Waals surface area contributed by atoms with Gasteiger partial charge in [0, 0.05) is 0 Å². The Hall–Kier alpha value is -1.04. The van der Waals surface area contributed by atoms with Gasteiger partial charge in [0.15, 0.2) is 0 Å². The number of hydrogen-bond acceptors (Lipinski definition) is 0. The fourth-order valence-corrected chi connectivity index (χ4v) is 0.868. The second kappa shape index (κ2) is 6.66. The zero-order valence-electron chi connectivity index (χ0n) is 8.46. The highest BCUT2D eigenvalue weighted by molar-refractivity contribution is 5.62. The van der Waals surface area contributed by atoms with E-state index in [0.717, 1.165) is 0 Å². The molecule has 0 heteroatoms. The van der Waals surface area contributed by atoms with Crippen LogP contribution in [0.5, 0.6) is 0 Å². The SMILES string of the molecule is C/C=C(/C)c1ccccc1.CC. The highest BCUT2D eigenvalue weighted by atomic mass is 13.9. The van der Waals surface area contributed by atoms with Gasteiger partial charge in [-0.25, -0.2) is 0 Å². The van der Waals surface area contributed by atoms with Crippen LogP contribution in [-0.4, -0.2) is 0 Å². The minimum Gasteiger partial charge on any atom is -0.0841 e. The van der Waals surface area contributed by atoms with Crippen LogP contribution in [0, 0.1) is 0 Å². The molecule has 0 aliphatic carbocycles. The summed E-state index contributed by atoms with van der Waals surface area (Å²) in [6.07, 6.45) is 2.12. The van der Waals surface area contributed by atoms with Crippen LogP contribution < -0.4 is 0 Å². The highest BCUT2D eigenvalue weighted by Crippen LogP contribution is 2.11. The van der Waals surface area contributed by atoms with Crippen molar-refractivity contribution in [3.05, 3.63) is 42.0 Å². The summed E-state index contributed by atoms with van der Waals surface area (Å²) >= 11 is 0. The summed E-state index contributed by atoms with van der Waals surface area (Å²) in [6.45, 7) is 8.18. The lowest BCUT2D eigenvalue weighted by molar-refractivity contribution is 1.50. The number of allylic oxidation sites excluding steroid dienone is 2. The third kappa shape index (κ3) is 3.38. The molecule has 12 heavy (non-hydrogen) atoms. The normalized spacial score (nSPS) is 10.2. The molecule has 0 spiro atoms. The van der Waals surface area contributed by atoms with Crippen LogP contribution in [0.1, 0.15) is 33.3 Å². The van der Waals surface area contributed by atoms with Crippen LogP contribution in [0.15, 0.2) is 36.4 Å². The van der Waals surface area contributed by atoms with Gasteiger partial charge in [-0.05, 0) is 25.0 Å². The summed E-state index contributed by atoms with van der Waals surface area (Å²) in [5, 5.41) is 0. The summed E-state index contributed by atoms with van der Waals surface area (Å²) < 4.78 is 0. The van der Waals surface area contributed by atoms with Crippen molar-refractivity contribution in [3.8, 4) is 0 Å². The van der Waals surface area contributed by atoms with Crippen molar-refractivity contribution in [1.82, 2.24) is 0 Å². The first kappa shape index (κ1) is 11.0. The van der Waals surface area contributed by atoms with Crippen LogP contribution in [0.25, 0.3) is 5.57 Å². The van der Waals surface area contributed by atoms with E-state index in [-0.39, 0.29) is 0 Å². The maximum absolute atomic E-state index is 2.12. The van der Waals surface area contributed by atoms with Crippen molar-refractivity contribution in [2.45, 2.75) is 27.7 Å². The molecule has 0 aromatic heterocycles. The van der Waals surface area contributed by atoms with Gasteiger partial charge in [0.05, 0.1) is 0 Å². The van der Waals surface area contributed by atoms with E-state index in [0.29, 0.717) is 0 Å². The van der Waals surface area contributed by atoms with E-state index in [1.807, 2.05) is 19.9 Å². The van der Waals surface area contributed by atoms with E-state index in [4.69, 9.17) is 0 Å². The van der Waals surface area contributed by atoms with E-state index < -0.39 is 0 Å². The van der Waals surface area contributed by atoms with Gasteiger partial charge in [-0.1, -0.05) is 50.3 Å². The molecule has 0 atom stereocenters. The van der Waals surface area contributed by atoms with E-state index in [2.05, 4.69) is 44.2 Å². The first-order valence-electron chi connectivity index (χ1n) is 4.53. The lowest BCUT2D eigenvalue weighted by Gasteiger charge is -1.97. The van der Waals surface area contributed by atoms with Crippen molar-refractivity contribution in [2.24, 2.45) is 0 Å². The Labute approximate surface area is 75.9 Å². The quantitative estimate of drug-likeness (QED) is 0.582. The molecule has 1 rings (SSSR count). The first-order valence-corrected chi connectivity index (χ1v) is 4.53. The third-order valence-corrected chi connectivity index (χ3v) is 1.66. The molecular weight excluding hydrogens is 144 g/mol. The molecular formula is C12H18. The average molecular weight is 162 g/mol. The molecule has 0 heterocycles. The monoisotopic (exact) mass is 162 g/mol. The Morgan fingerprint density at radius 3 is 2.00 bits per heavy atom. The van der Waals surface area contributed by atoms with Gasteiger partial charge >= 0.3 is 0 Å². The molecule has 0 nitrogen and oxygen atoms in total. The zero-order chi connectivity index (χ0) is 9.40. The van der Waals surface area contributed by atoms with Gasteiger partial charge in [-0.15, -0.1) is 0 Å². The van der Waals surface area contributed by atoms with Gasteiger partial charge in [0.2, 0.25) is 0 Å². The number of rotatable bonds is 1. The van der Waals surface area contributed by atoms with Crippen LogP contribution in [0.4, 0.5) is 0 Å². The standard InChI is InChI=1S/C10H12.C2H6/c1-3-9(2)10-7-5-4-6-8-10;1-2/h3-8H,1-2H3;1-2H3/b9-3-;. The van der Waals surface area contributed by atoms with Crippen LogP contribution in [0.3, 0.4) is 0 Å². The van der Waals surface area contributed by atoms with Gasteiger partial charge in [-0.3, -0.25) is 0 Å². The summed E-state index contributed by atoms with van der Waals surface area (Å²) in [5.74, 6) is 0. The Morgan fingerprint density at radius 2 is 1.58 bits per heavy atom. The van der Waals surface area contributed by atoms with Crippen molar-refractivity contribution in [2.75, 3.05) is 0 Å². The highest BCUT2D eigenvalue weighted by Gasteiger charge is 1.88. The molecule has 0 amide bonds. The van der Waals surface area contributed by atoms with Crippen LogP contribution in [-0.2, 0) is 0 Å². The second-order valence-corrected chi connectivity index (χ2v) is 2.34. The zero-order valence-corrected chi connectivity index (χ0v) is 8.46. The Morgan fingerprint density at radius 1 is 1.08 bits per heavy atom. The summed E-state index contributed by atoms with van der Waals surface area (Å²) in [4.78, 5) is 0. The van der Waals surface area contributed by atoms with Crippen LogP contribution >= 0.6 is 0 Å². The van der Waals surface area contributed by atoms with Gasteiger partial charge in [-0.2, -0.15) is 0 Å². The minimum absolute atomic E-state index is 1.31. The van der Waals surface area contributed by atoms with Gasteiger partial charge < -0.3 is 0 Å². The van der Waals surface area contributed by atoms with Crippen molar-refractivity contribution >= 4 is 5.57 Å². The maximum Gasteiger partial charge on any atom is -0.0231 e. The van der Waals surface area contributed by atoms with Crippen molar-refractivity contribution in [1.29, 1.82) is 0 Å². The minimum atomic E-state index is 1.31. The van der Waals surface area contributed by atoms with Crippen LogP contribution in [0.2, 0.25) is 0 Å². The molecule has 0 bridgehead atoms. The smallest absolute Gasteiger partial charge is 0.0231 e. The van der Waals surface area contributed by atoms with E-state index in [9.17, 15) is 0 Å². The Balaban J connectivity index is 0.000000561. The molecule has 1 aromatic rings. The molecule has 0 saturated heterocycles. The molecule has 0 aliphatic heterocycles. The molecule has 0 radical (unpaired) electrons. The number of benzene rings is 1. The molecule has 0 N–H and O–H groups in total. The lowest BCUT2D eigenvalue weighted by Crippen LogP contribution is -1.75.